The molecule has 4 heteroatoms. The minimum absolute atomic E-state index is 0.122. The maximum absolute atomic E-state index is 11.9. The van der Waals surface area contributed by atoms with Crippen molar-refractivity contribution in [3.05, 3.63) is 69.7 Å². The van der Waals surface area contributed by atoms with Crippen molar-refractivity contribution in [2.24, 2.45) is 0 Å². The molecular weight excluding hydrogens is 338 g/mol. The molecule has 2 aromatic carbocycles. The zero-order valence-corrected chi connectivity index (χ0v) is 15.8. The molecule has 0 aromatic heterocycles. The van der Waals surface area contributed by atoms with Gasteiger partial charge in [-0.25, -0.2) is 0 Å². The third-order valence-electron chi connectivity index (χ3n) is 3.94. The fourth-order valence-corrected chi connectivity index (χ4v) is 3.40. The van der Waals surface area contributed by atoms with E-state index in [1.165, 1.54) is 22.3 Å². The van der Waals surface area contributed by atoms with E-state index in [4.69, 9.17) is 11.6 Å². The average molecular weight is 362 g/mol. The Balaban J connectivity index is 1.60. The number of carbonyl (C=O) groups is 1. The second-order valence-corrected chi connectivity index (χ2v) is 7.49. The minimum atomic E-state index is 0.122. The van der Waals surface area contributed by atoms with Crippen LogP contribution in [0.4, 0.5) is 0 Å². The van der Waals surface area contributed by atoms with Gasteiger partial charge in [-0.05, 0) is 54.7 Å². The number of rotatable bonds is 8. The standard InChI is InChI=1S/C20H24ClNOS/c1-15-6-7-17(12-16(15)2)8-9-20(23)22-10-11-24-14-18-4-3-5-19(21)13-18/h3-7,12-13H,8-11,14H2,1-2H3,(H,22,23). The molecule has 0 unspecified atom stereocenters. The van der Waals surface area contributed by atoms with Crippen LogP contribution in [0.15, 0.2) is 42.5 Å². The van der Waals surface area contributed by atoms with Gasteiger partial charge in [-0.2, -0.15) is 11.8 Å². The van der Waals surface area contributed by atoms with Crippen molar-refractivity contribution in [2.45, 2.75) is 32.4 Å². The number of hydrogen-bond acceptors (Lipinski definition) is 2. The van der Waals surface area contributed by atoms with Crippen molar-refractivity contribution in [1.82, 2.24) is 5.32 Å². The summed E-state index contributed by atoms with van der Waals surface area (Å²) in [5, 5.41) is 3.76. The Hall–Kier alpha value is -1.45. The van der Waals surface area contributed by atoms with Crippen molar-refractivity contribution in [1.29, 1.82) is 0 Å². The SMILES string of the molecule is Cc1ccc(CCC(=O)NCCSCc2cccc(Cl)c2)cc1C. The molecular formula is C20H24ClNOS. The zero-order valence-electron chi connectivity index (χ0n) is 14.3. The lowest BCUT2D eigenvalue weighted by atomic mass is 10.0. The van der Waals surface area contributed by atoms with Crippen LogP contribution in [0.25, 0.3) is 0 Å². The topological polar surface area (TPSA) is 29.1 Å². The summed E-state index contributed by atoms with van der Waals surface area (Å²) in [5.41, 5.74) is 5.02. The molecule has 1 amide bonds. The van der Waals surface area contributed by atoms with Gasteiger partial charge < -0.3 is 5.32 Å². The number of aryl methyl sites for hydroxylation is 3. The fraction of sp³-hybridized carbons (Fsp3) is 0.350. The van der Waals surface area contributed by atoms with E-state index in [0.717, 1.165) is 22.9 Å². The normalized spacial score (nSPS) is 10.6. The lowest BCUT2D eigenvalue weighted by Gasteiger charge is -2.07. The van der Waals surface area contributed by atoms with Gasteiger partial charge in [0.25, 0.3) is 0 Å². The summed E-state index contributed by atoms with van der Waals surface area (Å²) < 4.78 is 0. The third kappa shape index (κ3) is 6.58. The summed E-state index contributed by atoms with van der Waals surface area (Å²) in [5.74, 6) is 1.94. The van der Waals surface area contributed by atoms with Crippen LogP contribution in [0.3, 0.4) is 0 Å². The lowest BCUT2D eigenvalue weighted by molar-refractivity contribution is -0.120. The van der Waals surface area contributed by atoms with Crippen LogP contribution in [0, 0.1) is 13.8 Å². The number of carbonyl (C=O) groups excluding carboxylic acids is 1. The minimum Gasteiger partial charge on any atom is -0.355 e. The first-order valence-electron chi connectivity index (χ1n) is 8.19. The molecule has 0 spiro atoms. The van der Waals surface area contributed by atoms with E-state index >= 15 is 0 Å². The summed E-state index contributed by atoms with van der Waals surface area (Å²) in [6.07, 6.45) is 1.34. The second-order valence-electron chi connectivity index (χ2n) is 5.95. The molecule has 0 radical (unpaired) electrons. The number of thioether (sulfide) groups is 1. The number of hydrogen-bond donors (Lipinski definition) is 1. The van der Waals surface area contributed by atoms with Gasteiger partial charge in [0.2, 0.25) is 5.91 Å². The Morgan fingerprint density at radius 2 is 1.92 bits per heavy atom. The molecule has 1 N–H and O–H groups in total. The quantitative estimate of drug-likeness (QED) is 0.675. The molecule has 0 fully saturated rings. The van der Waals surface area contributed by atoms with Gasteiger partial charge in [-0.1, -0.05) is 41.9 Å². The van der Waals surface area contributed by atoms with Gasteiger partial charge in [-0.3, -0.25) is 4.79 Å². The van der Waals surface area contributed by atoms with Gasteiger partial charge in [-0.15, -0.1) is 0 Å². The highest BCUT2D eigenvalue weighted by atomic mass is 35.5. The maximum Gasteiger partial charge on any atom is 0.220 e. The van der Waals surface area contributed by atoms with Crippen LogP contribution in [0.1, 0.15) is 28.7 Å². The van der Waals surface area contributed by atoms with E-state index in [1.54, 1.807) is 11.8 Å². The lowest BCUT2D eigenvalue weighted by Crippen LogP contribution is -2.25. The van der Waals surface area contributed by atoms with E-state index in [2.05, 4.69) is 43.4 Å². The largest absolute Gasteiger partial charge is 0.355 e. The number of halogens is 1. The molecule has 128 valence electrons. The predicted octanol–water partition coefficient (Wildman–Crippen LogP) is 4.94. The van der Waals surface area contributed by atoms with Crippen LogP contribution in [0.2, 0.25) is 5.02 Å². The number of nitrogens with one attached hydrogen (secondary N) is 1. The summed E-state index contributed by atoms with van der Waals surface area (Å²) >= 11 is 7.77. The van der Waals surface area contributed by atoms with Gasteiger partial charge in [0, 0.05) is 29.5 Å². The van der Waals surface area contributed by atoms with E-state index < -0.39 is 0 Å². The van der Waals surface area contributed by atoms with Crippen molar-refractivity contribution in [3.8, 4) is 0 Å². The molecule has 0 atom stereocenters. The molecule has 0 aliphatic rings. The molecule has 0 bridgehead atoms. The predicted molar refractivity (Wildman–Crippen MR) is 105 cm³/mol. The fourth-order valence-electron chi connectivity index (χ4n) is 2.38. The monoisotopic (exact) mass is 361 g/mol. The van der Waals surface area contributed by atoms with Crippen molar-refractivity contribution in [2.75, 3.05) is 12.3 Å². The molecule has 24 heavy (non-hydrogen) atoms. The van der Waals surface area contributed by atoms with Crippen LogP contribution < -0.4 is 5.32 Å². The summed E-state index contributed by atoms with van der Waals surface area (Å²) in [4.78, 5) is 11.9. The highest BCUT2D eigenvalue weighted by Crippen LogP contribution is 2.16. The first-order valence-corrected chi connectivity index (χ1v) is 9.73. The molecule has 0 saturated heterocycles. The summed E-state index contributed by atoms with van der Waals surface area (Å²) in [6, 6.07) is 14.3. The van der Waals surface area contributed by atoms with E-state index in [9.17, 15) is 4.79 Å². The smallest absolute Gasteiger partial charge is 0.220 e. The van der Waals surface area contributed by atoms with Crippen LogP contribution in [0.5, 0.6) is 0 Å². The number of benzene rings is 2. The van der Waals surface area contributed by atoms with E-state index in [0.29, 0.717) is 13.0 Å². The van der Waals surface area contributed by atoms with Gasteiger partial charge in [0.15, 0.2) is 0 Å². The average Bonchev–Trinajstić information content (AvgIpc) is 2.56. The molecule has 0 saturated carbocycles. The van der Waals surface area contributed by atoms with E-state index in [-0.39, 0.29) is 5.91 Å². The molecule has 0 aliphatic carbocycles. The highest BCUT2D eigenvalue weighted by Gasteiger charge is 2.03. The number of amides is 1. The molecule has 2 nitrogen and oxygen atoms in total. The molecule has 2 rings (SSSR count). The maximum atomic E-state index is 11.9. The highest BCUT2D eigenvalue weighted by molar-refractivity contribution is 7.98. The third-order valence-corrected chi connectivity index (χ3v) is 5.20. The Morgan fingerprint density at radius 1 is 1.08 bits per heavy atom. The second kappa shape index (κ2) is 9.75. The van der Waals surface area contributed by atoms with Crippen molar-refractivity contribution >= 4 is 29.3 Å². The Bertz CT molecular complexity index is 687. The molecule has 2 aromatic rings. The van der Waals surface area contributed by atoms with E-state index in [1.807, 2.05) is 18.2 Å². The molecule has 0 aliphatic heterocycles. The van der Waals surface area contributed by atoms with Crippen LogP contribution in [-0.4, -0.2) is 18.2 Å². The Morgan fingerprint density at radius 3 is 2.67 bits per heavy atom. The Kier molecular flexibility index (Phi) is 7.67. The van der Waals surface area contributed by atoms with Gasteiger partial charge in [0.1, 0.15) is 0 Å². The van der Waals surface area contributed by atoms with Gasteiger partial charge >= 0.3 is 0 Å². The van der Waals surface area contributed by atoms with Crippen LogP contribution >= 0.6 is 23.4 Å². The van der Waals surface area contributed by atoms with Crippen molar-refractivity contribution in [3.63, 3.8) is 0 Å². The first-order chi connectivity index (χ1) is 11.5. The molecule has 0 heterocycles. The van der Waals surface area contributed by atoms with Gasteiger partial charge in [0.05, 0.1) is 0 Å². The zero-order chi connectivity index (χ0) is 17.4. The van der Waals surface area contributed by atoms with Crippen LogP contribution in [-0.2, 0) is 17.0 Å². The summed E-state index contributed by atoms with van der Waals surface area (Å²) in [6.45, 7) is 4.92. The Labute approximate surface area is 154 Å². The first kappa shape index (κ1) is 18.9. The van der Waals surface area contributed by atoms with Crippen molar-refractivity contribution < 1.29 is 4.79 Å². The summed E-state index contributed by atoms with van der Waals surface area (Å²) in [7, 11) is 0.